The highest BCUT2D eigenvalue weighted by molar-refractivity contribution is 6.29. The minimum atomic E-state index is -0.273. The van der Waals surface area contributed by atoms with Gasteiger partial charge in [-0.1, -0.05) is 11.6 Å². The van der Waals surface area contributed by atoms with E-state index in [0.29, 0.717) is 22.6 Å². The summed E-state index contributed by atoms with van der Waals surface area (Å²) in [6, 6.07) is 6.41. The molecule has 1 N–H and O–H groups in total. The van der Waals surface area contributed by atoms with E-state index in [1.54, 1.807) is 6.07 Å². The van der Waals surface area contributed by atoms with Crippen LogP contribution in [-0.4, -0.2) is 9.97 Å². The number of nitrogens with zero attached hydrogens (tertiary/aromatic N) is 2. The van der Waals surface area contributed by atoms with Gasteiger partial charge in [0.1, 0.15) is 22.6 Å². The van der Waals surface area contributed by atoms with Crippen LogP contribution >= 0.6 is 11.6 Å². The first-order valence-corrected chi connectivity index (χ1v) is 6.56. The lowest BCUT2D eigenvalue weighted by molar-refractivity contribution is 0.627. The van der Waals surface area contributed by atoms with Gasteiger partial charge in [0.05, 0.1) is 0 Å². The molecular formula is C14H13ClFN3. The molecule has 5 heteroatoms. The van der Waals surface area contributed by atoms with Crippen molar-refractivity contribution < 1.29 is 4.39 Å². The molecule has 19 heavy (non-hydrogen) atoms. The third-order valence-corrected chi connectivity index (χ3v) is 3.16. The van der Waals surface area contributed by atoms with Crippen molar-refractivity contribution in [1.82, 2.24) is 9.97 Å². The van der Waals surface area contributed by atoms with Gasteiger partial charge < -0.3 is 5.32 Å². The van der Waals surface area contributed by atoms with Gasteiger partial charge in [0.15, 0.2) is 0 Å². The fraction of sp³-hybridized carbons (Fsp3) is 0.286. The molecule has 2 aromatic rings. The van der Waals surface area contributed by atoms with Crippen LogP contribution in [0.3, 0.4) is 0 Å². The van der Waals surface area contributed by atoms with Crippen molar-refractivity contribution in [3.8, 4) is 0 Å². The van der Waals surface area contributed by atoms with Crippen LogP contribution in [0, 0.1) is 12.7 Å². The van der Waals surface area contributed by atoms with Gasteiger partial charge in [-0.25, -0.2) is 14.4 Å². The summed E-state index contributed by atoms with van der Waals surface area (Å²) in [6.07, 6.45) is 2.22. The molecule has 0 amide bonds. The largest absolute Gasteiger partial charge is 0.340 e. The van der Waals surface area contributed by atoms with E-state index in [1.165, 1.54) is 12.1 Å². The number of aromatic nitrogens is 2. The second-order valence-electron chi connectivity index (χ2n) is 4.85. The van der Waals surface area contributed by atoms with Crippen LogP contribution < -0.4 is 5.32 Å². The monoisotopic (exact) mass is 277 g/mol. The number of aryl methyl sites for hydroxylation is 1. The highest BCUT2D eigenvalue weighted by atomic mass is 35.5. The van der Waals surface area contributed by atoms with Crippen LogP contribution in [0.5, 0.6) is 0 Å². The first-order chi connectivity index (χ1) is 9.10. The number of benzene rings is 1. The standard InChI is InChI=1S/C14H13ClFN3/c1-8-4-10(16)6-11(5-8)17-13-7-12(15)18-14(19-13)9-2-3-9/h4-7,9H,2-3H2,1H3,(H,17,18,19). The Kier molecular flexibility index (Phi) is 3.11. The summed E-state index contributed by atoms with van der Waals surface area (Å²) < 4.78 is 13.3. The molecule has 0 unspecified atom stereocenters. The summed E-state index contributed by atoms with van der Waals surface area (Å²) in [5, 5.41) is 3.48. The molecule has 0 radical (unpaired) electrons. The van der Waals surface area contributed by atoms with E-state index < -0.39 is 0 Å². The molecule has 1 heterocycles. The molecule has 3 nitrogen and oxygen atoms in total. The number of nitrogens with one attached hydrogen (secondary N) is 1. The van der Waals surface area contributed by atoms with Gasteiger partial charge >= 0.3 is 0 Å². The van der Waals surface area contributed by atoms with Crippen LogP contribution in [0.25, 0.3) is 0 Å². The maximum atomic E-state index is 13.3. The molecule has 1 aromatic heterocycles. The lowest BCUT2D eigenvalue weighted by atomic mass is 10.2. The highest BCUT2D eigenvalue weighted by Crippen LogP contribution is 2.39. The Morgan fingerprint density at radius 2 is 2.00 bits per heavy atom. The van der Waals surface area contributed by atoms with Gasteiger partial charge in [-0.05, 0) is 43.5 Å². The Hall–Kier alpha value is -1.68. The first-order valence-electron chi connectivity index (χ1n) is 6.19. The fourth-order valence-corrected chi connectivity index (χ4v) is 2.17. The van der Waals surface area contributed by atoms with Crippen molar-refractivity contribution in [2.24, 2.45) is 0 Å². The summed E-state index contributed by atoms with van der Waals surface area (Å²) in [4.78, 5) is 8.63. The van der Waals surface area contributed by atoms with Gasteiger partial charge in [0.25, 0.3) is 0 Å². The summed E-state index contributed by atoms with van der Waals surface area (Å²) in [5.74, 6) is 1.52. The van der Waals surface area contributed by atoms with Crippen molar-refractivity contribution in [2.45, 2.75) is 25.7 Å². The van der Waals surface area contributed by atoms with Gasteiger partial charge in [-0.3, -0.25) is 0 Å². The summed E-state index contributed by atoms with van der Waals surface area (Å²) >= 11 is 5.99. The van der Waals surface area contributed by atoms with Crippen LogP contribution in [0.4, 0.5) is 15.9 Å². The van der Waals surface area contributed by atoms with Crippen LogP contribution in [0.1, 0.15) is 30.1 Å². The molecule has 1 saturated carbocycles. The Balaban J connectivity index is 1.89. The number of halogens is 2. The minimum Gasteiger partial charge on any atom is -0.340 e. The van der Waals surface area contributed by atoms with Crippen molar-refractivity contribution in [3.63, 3.8) is 0 Å². The van der Waals surface area contributed by atoms with Crippen LogP contribution in [-0.2, 0) is 0 Å². The van der Waals surface area contributed by atoms with E-state index in [0.717, 1.165) is 24.2 Å². The van der Waals surface area contributed by atoms with Gasteiger partial charge in [-0.2, -0.15) is 0 Å². The maximum Gasteiger partial charge on any atom is 0.135 e. The van der Waals surface area contributed by atoms with Gasteiger partial charge in [0.2, 0.25) is 0 Å². The maximum absolute atomic E-state index is 13.3. The van der Waals surface area contributed by atoms with Crippen LogP contribution in [0.15, 0.2) is 24.3 Å². The lowest BCUT2D eigenvalue weighted by Gasteiger charge is -2.08. The number of anilines is 2. The smallest absolute Gasteiger partial charge is 0.135 e. The number of rotatable bonds is 3. The third-order valence-electron chi connectivity index (χ3n) is 2.97. The molecule has 0 bridgehead atoms. The average molecular weight is 278 g/mol. The zero-order chi connectivity index (χ0) is 13.4. The fourth-order valence-electron chi connectivity index (χ4n) is 1.98. The van der Waals surface area contributed by atoms with E-state index in [9.17, 15) is 4.39 Å². The van der Waals surface area contributed by atoms with E-state index in [1.807, 2.05) is 13.0 Å². The molecule has 0 spiro atoms. The zero-order valence-corrected chi connectivity index (χ0v) is 11.2. The first kappa shape index (κ1) is 12.4. The third kappa shape index (κ3) is 3.01. The molecule has 0 aliphatic heterocycles. The molecule has 98 valence electrons. The summed E-state index contributed by atoms with van der Waals surface area (Å²) in [6.45, 7) is 1.84. The van der Waals surface area contributed by atoms with Gasteiger partial charge in [-0.15, -0.1) is 0 Å². The molecule has 0 saturated heterocycles. The molecule has 0 atom stereocenters. The topological polar surface area (TPSA) is 37.8 Å². The highest BCUT2D eigenvalue weighted by Gasteiger charge is 2.27. The Morgan fingerprint density at radius 1 is 1.21 bits per heavy atom. The zero-order valence-electron chi connectivity index (χ0n) is 10.5. The second-order valence-corrected chi connectivity index (χ2v) is 5.24. The van der Waals surface area contributed by atoms with Crippen molar-refractivity contribution in [2.75, 3.05) is 5.32 Å². The average Bonchev–Trinajstić information content (AvgIpc) is 3.09. The molecular weight excluding hydrogens is 265 g/mol. The molecule has 1 aromatic carbocycles. The molecule has 1 fully saturated rings. The molecule has 3 rings (SSSR count). The normalized spacial score (nSPS) is 14.5. The quantitative estimate of drug-likeness (QED) is 0.855. The lowest BCUT2D eigenvalue weighted by Crippen LogP contribution is -2.00. The van der Waals surface area contributed by atoms with E-state index in [-0.39, 0.29) is 5.82 Å². The van der Waals surface area contributed by atoms with Crippen LogP contribution in [0.2, 0.25) is 5.15 Å². The van der Waals surface area contributed by atoms with Crippen molar-refractivity contribution in [3.05, 3.63) is 46.6 Å². The molecule has 1 aliphatic carbocycles. The molecule has 1 aliphatic rings. The SMILES string of the molecule is Cc1cc(F)cc(Nc2cc(Cl)nc(C3CC3)n2)c1. The van der Waals surface area contributed by atoms with Crippen molar-refractivity contribution in [1.29, 1.82) is 0 Å². The van der Waals surface area contributed by atoms with E-state index >= 15 is 0 Å². The predicted molar refractivity (Wildman–Crippen MR) is 73.4 cm³/mol. The van der Waals surface area contributed by atoms with Crippen molar-refractivity contribution >= 4 is 23.1 Å². The minimum absolute atomic E-state index is 0.273. The number of hydrogen-bond acceptors (Lipinski definition) is 3. The van der Waals surface area contributed by atoms with Gasteiger partial charge in [0, 0.05) is 17.7 Å². The number of hydrogen-bond donors (Lipinski definition) is 1. The predicted octanol–water partition coefficient (Wildman–Crippen LogP) is 4.20. The second kappa shape index (κ2) is 4.78. The van der Waals surface area contributed by atoms with E-state index in [4.69, 9.17) is 11.6 Å². The summed E-state index contributed by atoms with van der Waals surface area (Å²) in [7, 11) is 0. The van der Waals surface area contributed by atoms with E-state index in [2.05, 4.69) is 15.3 Å². The Labute approximate surface area is 115 Å². The Morgan fingerprint density at radius 3 is 2.68 bits per heavy atom. The summed E-state index contributed by atoms with van der Waals surface area (Å²) in [5.41, 5.74) is 1.51. The Bertz CT molecular complexity index is 606.